The van der Waals surface area contributed by atoms with Crippen LogP contribution in [0.1, 0.15) is 46.0 Å². The maximum Gasteiger partial charge on any atom is 0.336 e. The van der Waals surface area contributed by atoms with Crippen molar-refractivity contribution in [2.24, 2.45) is 0 Å². The molecule has 4 nitrogen and oxygen atoms in total. The van der Waals surface area contributed by atoms with E-state index < -0.39 is 11.9 Å². The molecule has 2 N–H and O–H groups in total. The molecule has 0 aliphatic carbocycles. The highest BCUT2D eigenvalue weighted by Gasteiger charge is 2.17. The molecule has 0 atom stereocenters. The summed E-state index contributed by atoms with van der Waals surface area (Å²) in [5.41, 5.74) is 0.948. The fourth-order valence-electron chi connectivity index (χ4n) is 2.46. The highest BCUT2D eigenvalue weighted by Crippen LogP contribution is 2.26. The molecule has 0 aliphatic rings. The van der Waals surface area contributed by atoms with Gasteiger partial charge in [-0.15, -0.1) is 11.8 Å². The van der Waals surface area contributed by atoms with Gasteiger partial charge in [0.05, 0.1) is 11.1 Å². The summed E-state index contributed by atoms with van der Waals surface area (Å²) in [6.07, 6.45) is 1.88. The first-order chi connectivity index (χ1) is 10.6. The Bertz CT molecular complexity index is 794. The van der Waals surface area contributed by atoms with E-state index in [4.69, 9.17) is 0 Å². The summed E-state index contributed by atoms with van der Waals surface area (Å²) in [4.78, 5) is 22.9. The lowest BCUT2D eigenvalue weighted by molar-refractivity contribution is 0.0685. The molecule has 4 heteroatoms. The number of carbonyl (C=O) groups is 2. The van der Waals surface area contributed by atoms with Crippen LogP contribution in [-0.2, 0) is 6.42 Å². The van der Waals surface area contributed by atoms with E-state index in [-0.39, 0.29) is 11.1 Å². The summed E-state index contributed by atoms with van der Waals surface area (Å²) in [6.45, 7) is 1.96. The monoisotopic (exact) mass is 296 g/mol. The zero-order valence-corrected chi connectivity index (χ0v) is 12.2. The summed E-state index contributed by atoms with van der Waals surface area (Å²) in [6, 6.07) is 8.05. The normalized spacial score (nSPS) is 10.0. The lowest BCUT2D eigenvalue weighted by Crippen LogP contribution is -2.06. The van der Waals surface area contributed by atoms with Gasteiger partial charge in [0.15, 0.2) is 0 Å². The molecule has 2 rings (SSSR count). The van der Waals surface area contributed by atoms with Gasteiger partial charge < -0.3 is 10.2 Å². The lowest BCUT2D eigenvalue weighted by atomic mass is 9.94. The maximum absolute atomic E-state index is 11.6. The van der Waals surface area contributed by atoms with Crippen LogP contribution in [0.4, 0.5) is 0 Å². The first-order valence-corrected chi connectivity index (χ1v) is 7.03. The van der Waals surface area contributed by atoms with Crippen LogP contribution in [0.25, 0.3) is 10.8 Å². The Balaban J connectivity index is 2.58. The van der Waals surface area contributed by atoms with E-state index in [0.717, 1.165) is 6.42 Å². The second kappa shape index (κ2) is 6.77. The van der Waals surface area contributed by atoms with Gasteiger partial charge in [-0.3, -0.25) is 0 Å². The molecule has 0 amide bonds. The Morgan fingerprint density at radius 3 is 2.41 bits per heavy atom. The summed E-state index contributed by atoms with van der Waals surface area (Å²) < 4.78 is 0. The third kappa shape index (κ3) is 3.09. The number of carboxylic acids is 2. The van der Waals surface area contributed by atoms with Crippen LogP contribution in [0.2, 0.25) is 0 Å². The van der Waals surface area contributed by atoms with Crippen molar-refractivity contribution >= 4 is 22.7 Å². The topological polar surface area (TPSA) is 74.6 Å². The molecule has 0 aliphatic heterocycles. The predicted molar refractivity (Wildman–Crippen MR) is 84.3 cm³/mol. The number of hydrogen-bond donors (Lipinski definition) is 2. The Morgan fingerprint density at radius 1 is 1.00 bits per heavy atom. The number of hydrogen-bond acceptors (Lipinski definition) is 2. The summed E-state index contributed by atoms with van der Waals surface area (Å²) in [7, 11) is 0. The number of fused-ring (bicyclic) bond motifs is 1. The molecule has 22 heavy (non-hydrogen) atoms. The van der Waals surface area contributed by atoms with Gasteiger partial charge in [0, 0.05) is 12.8 Å². The Kier molecular flexibility index (Phi) is 4.80. The van der Waals surface area contributed by atoms with Crippen molar-refractivity contribution in [3.05, 3.63) is 47.0 Å². The lowest BCUT2D eigenvalue weighted by Gasteiger charge is -2.10. The maximum atomic E-state index is 11.6. The minimum absolute atomic E-state index is 0.109. The zero-order chi connectivity index (χ0) is 16.1. The van der Waals surface area contributed by atoms with Crippen LogP contribution in [-0.4, -0.2) is 22.2 Å². The molecule has 0 spiro atoms. The molecule has 0 fully saturated rings. The van der Waals surface area contributed by atoms with E-state index in [9.17, 15) is 19.8 Å². The van der Waals surface area contributed by atoms with E-state index in [1.165, 1.54) is 6.07 Å². The van der Waals surface area contributed by atoms with E-state index >= 15 is 0 Å². The van der Waals surface area contributed by atoms with Crippen molar-refractivity contribution in [1.82, 2.24) is 0 Å². The summed E-state index contributed by atoms with van der Waals surface area (Å²) >= 11 is 0. The van der Waals surface area contributed by atoms with Crippen molar-refractivity contribution in [3.63, 3.8) is 0 Å². The second-order valence-corrected chi connectivity index (χ2v) is 4.82. The molecule has 2 aromatic rings. The Labute approximate surface area is 128 Å². The van der Waals surface area contributed by atoms with Crippen molar-refractivity contribution < 1.29 is 19.8 Å². The van der Waals surface area contributed by atoms with Crippen LogP contribution < -0.4 is 0 Å². The minimum atomic E-state index is -1.07. The molecule has 0 bridgehead atoms. The van der Waals surface area contributed by atoms with Crippen molar-refractivity contribution in [2.45, 2.75) is 26.2 Å². The number of rotatable bonds is 4. The minimum Gasteiger partial charge on any atom is -0.478 e. The third-order valence-electron chi connectivity index (χ3n) is 3.41. The fraction of sp³-hybridized carbons (Fsp3) is 0.222. The number of aryl methyl sites for hydroxylation is 1. The van der Waals surface area contributed by atoms with Crippen LogP contribution in [0.5, 0.6) is 0 Å². The molecule has 0 heterocycles. The number of benzene rings is 2. The summed E-state index contributed by atoms with van der Waals surface area (Å²) in [5, 5.41) is 19.6. The average molecular weight is 296 g/mol. The van der Waals surface area contributed by atoms with Gasteiger partial charge in [0.1, 0.15) is 0 Å². The Hall–Kier alpha value is -2.80. The molecule has 2 aromatic carbocycles. The van der Waals surface area contributed by atoms with Gasteiger partial charge in [-0.05, 0) is 28.8 Å². The van der Waals surface area contributed by atoms with E-state index in [1.54, 1.807) is 24.3 Å². The Morgan fingerprint density at radius 2 is 1.77 bits per heavy atom. The second-order valence-electron chi connectivity index (χ2n) is 4.82. The summed E-state index contributed by atoms with van der Waals surface area (Å²) in [5.74, 6) is 3.83. The van der Waals surface area contributed by atoms with Gasteiger partial charge in [-0.1, -0.05) is 31.2 Å². The highest BCUT2D eigenvalue weighted by atomic mass is 16.4. The predicted octanol–water partition coefficient (Wildman–Crippen LogP) is 3.58. The standard InChI is InChI=1S/C18H16O4/c1-2-3-4-5-7-12-10-11-13-14(16(12)18(21)22)8-6-9-15(13)17(19)20/h6,8-11H,2,5,7H2,1H3,(H,19,20)(H,21,22). The molecule has 0 unspecified atom stereocenters. The third-order valence-corrected chi connectivity index (χ3v) is 3.41. The quantitative estimate of drug-likeness (QED) is 0.846. The van der Waals surface area contributed by atoms with Crippen LogP contribution in [0.3, 0.4) is 0 Å². The van der Waals surface area contributed by atoms with Crippen LogP contribution in [0.15, 0.2) is 30.3 Å². The highest BCUT2D eigenvalue weighted by molar-refractivity contribution is 6.11. The smallest absolute Gasteiger partial charge is 0.336 e. The molecule has 0 saturated carbocycles. The molecule has 112 valence electrons. The van der Waals surface area contributed by atoms with Gasteiger partial charge in [0.25, 0.3) is 0 Å². The molecule has 0 saturated heterocycles. The van der Waals surface area contributed by atoms with E-state index in [0.29, 0.717) is 29.2 Å². The van der Waals surface area contributed by atoms with Crippen LogP contribution >= 0.6 is 0 Å². The first-order valence-electron chi connectivity index (χ1n) is 7.03. The van der Waals surface area contributed by atoms with Crippen LogP contribution in [0, 0.1) is 11.8 Å². The fourth-order valence-corrected chi connectivity index (χ4v) is 2.46. The molecule has 0 aromatic heterocycles. The average Bonchev–Trinajstić information content (AvgIpc) is 2.49. The number of aromatic carboxylic acids is 2. The molecular formula is C18H16O4. The molecular weight excluding hydrogens is 280 g/mol. The zero-order valence-electron chi connectivity index (χ0n) is 12.2. The molecule has 0 radical (unpaired) electrons. The number of carboxylic acid groups (broad SMARTS) is 2. The largest absolute Gasteiger partial charge is 0.478 e. The van der Waals surface area contributed by atoms with Gasteiger partial charge in [-0.2, -0.15) is 0 Å². The first kappa shape index (κ1) is 15.6. The van der Waals surface area contributed by atoms with Crippen molar-refractivity contribution in [1.29, 1.82) is 0 Å². The SMILES string of the molecule is CCC#CCCc1ccc2c(C(=O)O)cccc2c1C(=O)O. The van der Waals surface area contributed by atoms with Gasteiger partial charge >= 0.3 is 11.9 Å². The van der Waals surface area contributed by atoms with Crippen molar-refractivity contribution in [2.75, 3.05) is 0 Å². The van der Waals surface area contributed by atoms with Crippen molar-refractivity contribution in [3.8, 4) is 11.8 Å². The van der Waals surface area contributed by atoms with E-state index in [1.807, 2.05) is 6.92 Å². The van der Waals surface area contributed by atoms with Gasteiger partial charge in [-0.25, -0.2) is 9.59 Å². The van der Waals surface area contributed by atoms with Gasteiger partial charge in [0.2, 0.25) is 0 Å². The van der Waals surface area contributed by atoms with E-state index in [2.05, 4.69) is 11.8 Å².